The van der Waals surface area contributed by atoms with Gasteiger partial charge in [0.25, 0.3) is 0 Å². The van der Waals surface area contributed by atoms with Gasteiger partial charge in [-0.1, -0.05) is 6.07 Å². The van der Waals surface area contributed by atoms with E-state index in [0.717, 1.165) is 6.07 Å². The topological polar surface area (TPSA) is 69.4 Å². The van der Waals surface area contributed by atoms with Crippen LogP contribution < -0.4 is 9.88 Å². The molecule has 2 N–H and O–H groups in total. The summed E-state index contributed by atoms with van der Waals surface area (Å²) in [6, 6.07) is 7.20. The monoisotopic (exact) mass is 363 g/mol. The van der Waals surface area contributed by atoms with Gasteiger partial charge in [-0.2, -0.15) is 4.39 Å². The minimum atomic E-state index is -3.85. The summed E-state index contributed by atoms with van der Waals surface area (Å²) in [7, 11) is -3.85. The first-order chi connectivity index (χ1) is 9.29. The fourth-order valence-electron chi connectivity index (χ4n) is 1.42. The summed E-state index contributed by atoms with van der Waals surface area (Å²) in [6.45, 7) is 0. The Kier molecular flexibility index (Phi) is 4.07. The maximum absolute atomic E-state index is 13.5. The standard InChI is InChI=1S/C12H8BrF2NO3S/c13-8-6-7(20(16,17)18)4-5-10(8)19-11-3-1-2-9(14)12(11)15/h1-6H,(H2,16,17,18). The highest BCUT2D eigenvalue weighted by atomic mass is 79.9. The second-order valence-corrected chi connectivity index (χ2v) is 6.21. The lowest BCUT2D eigenvalue weighted by Gasteiger charge is -2.09. The molecule has 0 fully saturated rings. The van der Waals surface area contributed by atoms with Gasteiger partial charge in [0.2, 0.25) is 15.8 Å². The SMILES string of the molecule is NS(=O)(=O)c1ccc(Oc2cccc(F)c2F)c(Br)c1. The van der Waals surface area contributed by atoms with Crippen LogP contribution in [0, 0.1) is 11.6 Å². The molecule has 0 aromatic heterocycles. The van der Waals surface area contributed by atoms with Gasteiger partial charge in [-0.25, -0.2) is 17.9 Å². The van der Waals surface area contributed by atoms with Crippen molar-refractivity contribution in [3.8, 4) is 11.5 Å². The molecule has 0 heterocycles. The molecule has 0 saturated heterocycles. The number of hydrogen-bond donors (Lipinski definition) is 1. The Hall–Kier alpha value is -1.51. The summed E-state index contributed by atoms with van der Waals surface area (Å²) >= 11 is 3.08. The van der Waals surface area contributed by atoms with E-state index in [1.54, 1.807) is 0 Å². The lowest BCUT2D eigenvalue weighted by Crippen LogP contribution is -2.11. The first-order valence-corrected chi connectivity index (χ1v) is 7.57. The molecule has 0 radical (unpaired) electrons. The summed E-state index contributed by atoms with van der Waals surface area (Å²) in [5.41, 5.74) is 0. The number of primary sulfonamides is 1. The van der Waals surface area contributed by atoms with Crippen LogP contribution in [0.15, 0.2) is 45.8 Å². The summed E-state index contributed by atoms with van der Waals surface area (Å²) in [5.74, 6) is -2.36. The number of benzene rings is 2. The average molecular weight is 364 g/mol. The smallest absolute Gasteiger partial charge is 0.238 e. The highest BCUT2D eigenvalue weighted by molar-refractivity contribution is 9.10. The lowest BCUT2D eigenvalue weighted by molar-refractivity contribution is 0.414. The molecule has 8 heteroatoms. The number of halogens is 3. The molecule has 0 aliphatic heterocycles. The molecule has 0 saturated carbocycles. The van der Waals surface area contributed by atoms with Gasteiger partial charge < -0.3 is 4.74 Å². The Bertz CT molecular complexity index is 765. The van der Waals surface area contributed by atoms with Gasteiger partial charge in [0.1, 0.15) is 5.75 Å². The van der Waals surface area contributed by atoms with Crippen molar-refractivity contribution < 1.29 is 21.9 Å². The van der Waals surface area contributed by atoms with Gasteiger partial charge in [0.15, 0.2) is 11.6 Å². The van der Waals surface area contributed by atoms with Crippen LogP contribution in [-0.2, 0) is 10.0 Å². The molecule has 0 atom stereocenters. The predicted octanol–water partition coefficient (Wildman–Crippen LogP) is 3.17. The van der Waals surface area contributed by atoms with Gasteiger partial charge >= 0.3 is 0 Å². The van der Waals surface area contributed by atoms with Crippen LogP contribution in [0.3, 0.4) is 0 Å². The van der Waals surface area contributed by atoms with Crippen molar-refractivity contribution in [1.29, 1.82) is 0 Å². The van der Waals surface area contributed by atoms with Crippen molar-refractivity contribution >= 4 is 26.0 Å². The molecular formula is C12H8BrF2NO3S. The number of hydrogen-bond acceptors (Lipinski definition) is 3. The zero-order valence-electron chi connectivity index (χ0n) is 9.81. The molecule has 0 aliphatic carbocycles. The molecular weight excluding hydrogens is 356 g/mol. The van der Waals surface area contributed by atoms with Crippen molar-refractivity contribution in [2.75, 3.05) is 0 Å². The third kappa shape index (κ3) is 3.14. The molecule has 0 aliphatic rings. The maximum Gasteiger partial charge on any atom is 0.238 e. The third-order valence-electron chi connectivity index (χ3n) is 2.37. The molecule has 0 spiro atoms. The zero-order valence-corrected chi connectivity index (χ0v) is 12.2. The van der Waals surface area contributed by atoms with Crippen molar-refractivity contribution in [2.45, 2.75) is 4.90 Å². The number of sulfonamides is 1. The molecule has 4 nitrogen and oxygen atoms in total. The summed E-state index contributed by atoms with van der Waals surface area (Å²) in [4.78, 5) is -0.128. The maximum atomic E-state index is 13.5. The fourth-order valence-corrected chi connectivity index (χ4v) is 2.57. The molecule has 106 valence electrons. The first-order valence-electron chi connectivity index (χ1n) is 5.23. The molecule has 2 rings (SSSR count). The van der Waals surface area contributed by atoms with E-state index in [-0.39, 0.29) is 20.9 Å². The molecule has 2 aromatic carbocycles. The van der Waals surface area contributed by atoms with Crippen LogP contribution >= 0.6 is 15.9 Å². The van der Waals surface area contributed by atoms with E-state index in [9.17, 15) is 17.2 Å². The van der Waals surface area contributed by atoms with E-state index < -0.39 is 21.7 Å². The normalized spacial score (nSPS) is 11.4. The van der Waals surface area contributed by atoms with Gasteiger partial charge in [0.05, 0.1) is 9.37 Å². The van der Waals surface area contributed by atoms with E-state index in [2.05, 4.69) is 15.9 Å². The minimum Gasteiger partial charge on any atom is -0.453 e. The van der Waals surface area contributed by atoms with Crippen LogP contribution in [0.1, 0.15) is 0 Å². The molecule has 2 aromatic rings. The Morgan fingerprint density at radius 2 is 1.80 bits per heavy atom. The van der Waals surface area contributed by atoms with Gasteiger partial charge in [-0.15, -0.1) is 0 Å². The van der Waals surface area contributed by atoms with Gasteiger partial charge in [-0.3, -0.25) is 0 Å². The Morgan fingerprint density at radius 3 is 2.40 bits per heavy atom. The van der Waals surface area contributed by atoms with Crippen molar-refractivity contribution in [1.82, 2.24) is 0 Å². The molecule has 0 amide bonds. The minimum absolute atomic E-state index is 0.127. The third-order valence-corrected chi connectivity index (χ3v) is 3.90. The second-order valence-electron chi connectivity index (χ2n) is 3.79. The van der Waals surface area contributed by atoms with E-state index >= 15 is 0 Å². The van der Waals surface area contributed by atoms with Crippen molar-refractivity contribution in [2.24, 2.45) is 5.14 Å². The van der Waals surface area contributed by atoms with Crippen LogP contribution in [0.25, 0.3) is 0 Å². The highest BCUT2D eigenvalue weighted by Crippen LogP contribution is 2.33. The van der Waals surface area contributed by atoms with E-state index in [0.29, 0.717) is 0 Å². The zero-order chi connectivity index (χ0) is 14.9. The van der Waals surface area contributed by atoms with E-state index in [4.69, 9.17) is 9.88 Å². The van der Waals surface area contributed by atoms with E-state index in [1.807, 2.05) is 0 Å². The second kappa shape index (κ2) is 5.47. The Morgan fingerprint density at radius 1 is 1.10 bits per heavy atom. The predicted molar refractivity (Wildman–Crippen MR) is 71.9 cm³/mol. The molecule has 20 heavy (non-hydrogen) atoms. The van der Waals surface area contributed by atoms with Crippen LogP contribution in [0.5, 0.6) is 11.5 Å². The van der Waals surface area contributed by atoms with Gasteiger partial charge in [-0.05, 0) is 46.3 Å². The van der Waals surface area contributed by atoms with Crippen LogP contribution in [-0.4, -0.2) is 8.42 Å². The van der Waals surface area contributed by atoms with Gasteiger partial charge in [0, 0.05) is 0 Å². The highest BCUT2D eigenvalue weighted by Gasteiger charge is 2.14. The summed E-state index contributed by atoms with van der Waals surface area (Å²) < 4.78 is 54.3. The van der Waals surface area contributed by atoms with Crippen LogP contribution in [0.2, 0.25) is 0 Å². The molecule has 0 bridgehead atoms. The largest absolute Gasteiger partial charge is 0.453 e. The number of rotatable bonds is 3. The number of nitrogens with two attached hydrogens (primary N) is 1. The lowest BCUT2D eigenvalue weighted by atomic mass is 10.3. The van der Waals surface area contributed by atoms with Crippen molar-refractivity contribution in [3.05, 3.63) is 52.5 Å². The van der Waals surface area contributed by atoms with E-state index in [1.165, 1.54) is 30.3 Å². The van der Waals surface area contributed by atoms with Crippen molar-refractivity contribution in [3.63, 3.8) is 0 Å². The summed E-state index contributed by atoms with van der Waals surface area (Å²) in [5, 5.41) is 4.97. The summed E-state index contributed by atoms with van der Waals surface area (Å²) in [6.07, 6.45) is 0. The Labute approximate surface area is 122 Å². The Balaban J connectivity index is 2.38. The first kappa shape index (κ1) is 14.9. The molecule has 0 unspecified atom stereocenters. The quantitative estimate of drug-likeness (QED) is 0.910. The average Bonchev–Trinajstić information content (AvgIpc) is 2.36. The fraction of sp³-hybridized carbons (Fsp3) is 0. The van der Waals surface area contributed by atoms with Crippen LogP contribution in [0.4, 0.5) is 8.78 Å². The number of ether oxygens (including phenoxy) is 1.